The van der Waals surface area contributed by atoms with Gasteiger partial charge in [-0.05, 0) is 74.5 Å². The number of ether oxygens (including phenoxy) is 2. The van der Waals surface area contributed by atoms with E-state index in [1.54, 1.807) is 7.11 Å². The summed E-state index contributed by atoms with van der Waals surface area (Å²) in [5, 5.41) is 30.0. The fourth-order valence-electron chi connectivity index (χ4n) is 5.86. The number of unbranched alkanes of at least 4 members (excludes halogenated alkanes) is 2. The van der Waals surface area contributed by atoms with Gasteiger partial charge in [0.15, 0.2) is 0 Å². The maximum absolute atomic E-state index is 10.8. The number of carbonyl (C=O) groups is 1. The molecule has 0 radical (unpaired) electrons. The van der Waals surface area contributed by atoms with Crippen LogP contribution in [0.25, 0.3) is 0 Å². The lowest BCUT2D eigenvalue weighted by Gasteiger charge is -2.62. The minimum atomic E-state index is -0.747. The lowest BCUT2D eigenvalue weighted by Crippen LogP contribution is -2.64. The summed E-state index contributed by atoms with van der Waals surface area (Å²) in [4.78, 5) is 10.7. The number of allylic oxidation sites excluding steroid dienone is 1. The molecule has 2 unspecified atom stereocenters. The molecule has 2 aliphatic carbocycles. The van der Waals surface area contributed by atoms with Crippen LogP contribution in [0.3, 0.4) is 0 Å². The van der Waals surface area contributed by atoms with E-state index in [-0.39, 0.29) is 36.6 Å². The van der Waals surface area contributed by atoms with Crippen LogP contribution in [-0.2, 0) is 9.53 Å². The van der Waals surface area contributed by atoms with E-state index in [2.05, 4.69) is 13.0 Å². The summed E-state index contributed by atoms with van der Waals surface area (Å²) in [6.45, 7) is 2.44. The third kappa shape index (κ3) is 5.53. The number of aliphatic hydroxyl groups excluding tert-OH is 2. The Kier molecular flexibility index (Phi) is 8.74. The number of hydrogen-bond acceptors (Lipinski definition) is 5. The maximum atomic E-state index is 10.8. The second kappa shape index (κ2) is 11.3. The van der Waals surface area contributed by atoms with Gasteiger partial charge in [-0.15, -0.1) is 0 Å². The van der Waals surface area contributed by atoms with Gasteiger partial charge in [0.25, 0.3) is 0 Å². The molecule has 2 aliphatic rings. The summed E-state index contributed by atoms with van der Waals surface area (Å²) in [7, 11) is 1.76. The molecule has 3 rings (SSSR count). The van der Waals surface area contributed by atoms with Crippen molar-refractivity contribution in [1.82, 2.24) is 0 Å². The molecule has 0 spiro atoms. The van der Waals surface area contributed by atoms with Gasteiger partial charge in [-0.25, -0.2) is 0 Å². The Morgan fingerprint density at radius 2 is 2.03 bits per heavy atom. The molecular formula is C26H38O6. The minimum absolute atomic E-state index is 0.0780. The average Bonchev–Trinajstić information content (AvgIpc) is 2.79. The smallest absolute Gasteiger partial charge is 0.303 e. The van der Waals surface area contributed by atoms with Crippen LogP contribution in [0.5, 0.6) is 5.75 Å². The monoisotopic (exact) mass is 446 g/mol. The zero-order valence-electron chi connectivity index (χ0n) is 19.3. The van der Waals surface area contributed by atoms with Crippen LogP contribution in [0.4, 0.5) is 0 Å². The number of hydrogen-bond donors (Lipinski definition) is 3. The van der Waals surface area contributed by atoms with E-state index in [1.165, 1.54) is 5.57 Å². The van der Waals surface area contributed by atoms with Crippen LogP contribution in [0.15, 0.2) is 42.0 Å². The topological polar surface area (TPSA) is 96.2 Å². The molecule has 1 aromatic carbocycles. The molecule has 1 aromatic rings. The van der Waals surface area contributed by atoms with Crippen LogP contribution < -0.4 is 4.74 Å². The third-order valence-electron chi connectivity index (χ3n) is 7.42. The molecule has 0 aromatic heterocycles. The van der Waals surface area contributed by atoms with Gasteiger partial charge in [0.2, 0.25) is 0 Å². The van der Waals surface area contributed by atoms with Crippen molar-refractivity contribution in [3.63, 3.8) is 0 Å². The number of aliphatic hydroxyl groups is 2. The number of aliphatic carboxylic acids is 1. The molecule has 6 heteroatoms. The Bertz CT molecular complexity index is 763. The Labute approximate surface area is 191 Å². The third-order valence-corrected chi connectivity index (χ3v) is 7.42. The largest absolute Gasteiger partial charge is 0.491 e. The van der Waals surface area contributed by atoms with Crippen molar-refractivity contribution in [3.8, 4) is 5.75 Å². The normalized spacial score (nSPS) is 31.6. The molecule has 0 aliphatic heterocycles. The predicted octanol–water partition coefficient (Wildman–Crippen LogP) is 4.20. The van der Waals surface area contributed by atoms with Gasteiger partial charge in [0, 0.05) is 19.4 Å². The van der Waals surface area contributed by atoms with Gasteiger partial charge >= 0.3 is 5.97 Å². The second-order valence-electron chi connectivity index (χ2n) is 9.33. The molecule has 6 atom stereocenters. The summed E-state index contributed by atoms with van der Waals surface area (Å²) >= 11 is 0. The SMILES string of the molecule is CO[C@]12CC[C@@H](O)[C@H](CCC(O)COc3ccccc3)[C@H]1C(C)C2=CCCCCC(=O)O. The first-order chi connectivity index (χ1) is 15.4. The molecule has 0 amide bonds. The summed E-state index contributed by atoms with van der Waals surface area (Å²) in [5.41, 5.74) is 0.965. The van der Waals surface area contributed by atoms with Gasteiger partial charge in [0.1, 0.15) is 12.4 Å². The van der Waals surface area contributed by atoms with Crippen molar-refractivity contribution in [1.29, 1.82) is 0 Å². The number of methoxy groups -OCH3 is 1. The van der Waals surface area contributed by atoms with E-state index in [4.69, 9.17) is 14.6 Å². The molecule has 2 fully saturated rings. The van der Waals surface area contributed by atoms with Crippen molar-refractivity contribution in [2.24, 2.45) is 17.8 Å². The van der Waals surface area contributed by atoms with Gasteiger partial charge in [-0.1, -0.05) is 31.2 Å². The van der Waals surface area contributed by atoms with Crippen molar-refractivity contribution in [2.45, 2.75) is 76.1 Å². The number of para-hydroxylation sites is 1. The van der Waals surface area contributed by atoms with E-state index in [9.17, 15) is 15.0 Å². The highest BCUT2D eigenvalue weighted by Gasteiger charge is 2.62. The predicted molar refractivity (Wildman–Crippen MR) is 122 cm³/mol. The first kappa shape index (κ1) is 24.7. The van der Waals surface area contributed by atoms with E-state index < -0.39 is 12.1 Å². The quantitative estimate of drug-likeness (QED) is 0.329. The lowest BCUT2D eigenvalue weighted by molar-refractivity contribution is -0.177. The Morgan fingerprint density at radius 1 is 1.28 bits per heavy atom. The molecule has 6 nitrogen and oxygen atoms in total. The fourth-order valence-corrected chi connectivity index (χ4v) is 5.86. The van der Waals surface area contributed by atoms with Crippen LogP contribution in [0, 0.1) is 17.8 Å². The van der Waals surface area contributed by atoms with E-state index >= 15 is 0 Å². The Balaban J connectivity index is 1.56. The van der Waals surface area contributed by atoms with E-state index in [1.807, 2.05) is 30.3 Å². The van der Waals surface area contributed by atoms with Gasteiger partial charge < -0.3 is 24.8 Å². The van der Waals surface area contributed by atoms with E-state index in [0.29, 0.717) is 25.2 Å². The Morgan fingerprint density at radius 3 is 2.72 bits per heavy atom. The lowest BCUT2D eigenvalue weighted by atomic mass is 9.47. The minimum Gasteiger partial charge on any atom is -0.491 e. The molecule has 178 valence electrons. The molecule has 2 saturated carbocycles. The standard InChI is InChI=1S/C26H38O6/c1-18-22(11-7-4-8-12-24(29)30)26(31-2)16-15-23(28)21(25(18)26)14-13-19(27)17-32-20-9-5-3-6-10-20/h3,5-6,9-11,18-19,21,23,25,27-28H,4,7-8,12-17H2,1-2H3,(H,29,30)/t18?,19?,21-,23+,25+,26-/m0/s1. The van der Waals surface area contributed by atoms with Crippen LogP contribution in [0.1, 0.15) is 58.3 Å². The first-order valence-corrected chi connectivity index (χ1v) is 11.9. The van der Waals surface area contributed by atoms with Crippen molar-refractivity contribution >= 4 is 5.97 Å². The zero-order valence-corrected chi connectivity index (χ0v) is 19.3. The van der Waals surface area contributed by atoms with Gasteiger partial charge in [-0.2, -0.15) is 0 Å². The van der Waals surface area contributed by atoms with Gasteiger partial charge in [-0.3, -0.25) is 4.79 Å². The fraction of sp³-hybridized carbons (Fsp3) is 0.654. The van der Waals surface area contributed by atoms with Crippen LogP contribution in [-0.4, -0.2) is 52.8 Å². The number of rotatable bonds is 12. The van der Waals surface area contributed by atoms with Crippen molar-refractivity contribution in [2.75, 3.05) is 13.7 Å². The highest BCUT2D eigenvalue weighted by molar-refractivity contribution is 5.66. The number of carboxylic acids is 1. The van der Waals surface area contributed by atoms with Gasteiger partial charge in [0.05, 0.1) is 17.8 Å². The molecule has 0 saturated heterocycles. The molecule has 32 heavy (non-hydrogen) atoms. The molecule has 3 N–H and O–H groups in total. The highest BCUT2D eigenvalue weighted by atomic mass is 16.5. The number of benzene rings is 1. The van der Waals surface area contributed by atoms with Crippen LogP contribution in [0.2, 0.25) is 0 Å². The summed E-state index contributed by atoms with van der Waals surface area (Å²) in [5.74, 6) is 0.613. The van der Waals surface area contributed by atoms with Crippen molar-refractivity contribution in [3.05, 3.63) is 42.0 Å². The average molecular weight is 447 g/mol. The summed E-state index contributed by atoms with van der Waals surface area (Å²) in [6, 6.07) is 9.47. The highest BCUT2D eigenvalue weighted by Crippen LogP contribution is 2.61. The summed E-state index contributed by atoms with van der Waals surface area (Å²) < 4.78 is 11.8. The summed E-state index contributed by atoms with van der Waals surface area (Å²) in [6.07, 6.45) is 6.67. The molecule has 0 bridgehead atoms. The van der Waals surface area contributed by atoms with Crippen molar-refractivity contribution < 1.29 is 29.6 Å². The maximum Gasteiger partial charge on any atom is 0.303 e. The van der Waals surface area contributed by atoms with E-state index in [0.717, 1.165) is 31.4 Å². The van der Waals surface area contributed by atoms with Crippen LogP contribution >= 0.6 is 0 Å². The second-order valence-corrected chi connectivity index (χ2v) is 9.33. The first-order valence-electron chi connectivity index (χ1n) is 11.9. The molecular weight excluding hydrogens is 408 g/mol. The molecule has 0 heterocycles. The number of carboxylic acid groups (broad SMARTS) is 1. The number of fused-ring (bicyclic) bond motifs is 1. The Hall–Kier alpha value is -1.89. The zero-order chi connectivity index (χ0) is 23.1.